The van der Waals surface area contributed by atoms with E-state index in [2.05, 4.69) is 15.5 Å². The molecule has 2 aliphatic heterocycles. The van der Waals surface area contributed by atoms with Crippen molar-refractivity contribution in [2.24, 2.45) is 0 Å². The number of amides is 2. The van der Waals surface area contributed by atoms with Crippen LogP contribution in [0.2, 0.25) is 0 Å². The summed E-state index contributed by atoms with van der Waals surface area (Å²) in [5.74, 6) is 0.999. The van der Waals surface area contributed by atoms with Crippen LogP contribution in [0.3, 0.4) is 0 Å². The lowest BCUT2D eigenvalue weighted by molar-refractivity contribution is 0.0877. The fraction of sp³-hybridized carbons (Fsp3) is 0.320. The maximum absolute atomic E-state index is 13.6. The van der Waals surface area contributed by atoms with E-state index in [1.165, 1.54) is 12.1 Å². The lowest BCUT2D eigenvalue weighted by Gasteiger charge is -2.36. The summed E-state index contributed by atoms with van der Waals surface area (Å²) >= 11 is 0. The van der Waals surface area contributed by atoms with E-state index >= 15 is 0 Å². The van der Waals surface area contributed by atoms with Gasteiger partial charge >= 0.3 is 6.03 Å². The Hall–Kier alpha value is -3.72. The number of rotatable bonds is 6. The van der Waals surface area contributed by atoms with Gasteiger partial charge in [0, 0.05) is 17.9 Å². The minimum Gasteiger partial charge on any atom is -0.497 e. The standard InChI is InChI=1S/C25H25FN4O4/c1-15-21(24-28-23(29-34-24)17-5-3-6-19(13-17)32-2)22(16-8-10-18(26)11-9-16)27-25(31)30(15)14-20-7-4-12-33-20/h3,5-6,8-11,13,20,22H,4,7,12,14H2,1-2H3,(H,27,31). The van der Waals surface area contributed by atoms with E-state index in [9.17, 15) is 9.18 Å². The predicted octanol–water partition coefficient (Wildman–Crippen LogP) is 4.56. The number of urea groups is 1. The van der Waals surface area contributed by atoms with Crippen molar-refractivity contribution in [2.75, 3.05) is 20.3 Å². The summed E-state index contributed by atoms with van der Waals surface area (Å²) in [7, 11) is 1.59. The van der Waals surface area contributed by atoms with Gasteiger partial charge in [0.25, 0.3) is 5.89 Å². The molecule has 1 fully saturated rings. The van der Waals surface area contributed by atoms with Crippen molar-refractivity contribution in [3.8, 4) is 17.1 Å². The Balaban J connectivity index is 1.56. The Labute approximate surface area is 196 Å². The summed E-state index contributed by atoms with van der Waals surface area (Å²) in [4.78, 5) is 19.4. The molecule has 0 saturated carbocycles. The zero-order valence-corrected chi connectivity index (χ0v) is 19.0. The van der Waals surface area contributed by atoms with Crippen molar-refractivity contribution in [1.82, 2.24) is 20.4 Å². The predicted molar refractivity (Wildman–Crippen MR) is 122 cm³/mol. The molecule has 0 aliphatic carbocycles. The van der Waals surface area contributed by atoms with Crippen molar-refractivity contribution in [3.05, 3.63) is 71.5 Å². The molecule has 9 heteroatoms. The molecule has 3 aromatic rings. The third-order valence-corrected chi connectivity index (χ3v) is 6.19. The van der Waals surface area contributed by atoms with Crippen LogP contribution in [0, 0.1) is 5.82 Å². The highest BCUT2D eigenvalue weighted by atomic mass is 19.1. The second-order valence-electron chi connectivity index (χ2n) is 8.33. The average molecular weight is 464 g/mol. The average Bonchev–Trinajstić information content (AvgIpc) is 3.54. The number of methoxy groups -OCH3 is 1. The number of nitrogens with zero attached hydrogens (tertiary/aromatic N) is 3. The van der Waals surface area contributed by atoms with Crippen LogP contribution in [-0.2, 0) is 4.74 Å². The summed E-state index contributed by atoms with van der Waals surface area (Å²) in [5, 5.41) is 7.20. The number of ether oxygens (including phenoxy) is 2. The molecule has 8 nitrogen and oxygen atoms in total. The van der Waals surface area contributed by atoms with E-state index < -0.39 is 6.04 Å². The number of allylic oxidation sites excluding steroid dienone is 1. The monoisotopic (exact) mass is 464 g/mol. The zero-order valence-electron chi connectivity index (χ0n) is 19.0. The fourth-order valence-electron chi connectivity index (χ4n) is 4.39. The summed E-state index contributed by atoms with van der Waals surface area (Å²) in [5.41, 5.74) is 2.80. The highest BCUT2D eigenvalue weighted by molar-refractivity contribution is 5.87. The molecule has 2 atom stereocenters. The number of aromatic nitrogens is 2. The smallest absolute Gasteiger partial charge is 0.322 e. The molecule has 1 aromatic heterocycles. The van der Waals surface area contributed by atoms with Crippen LogP contribution < -0.4 is 10.1 Å². The van der Waals surface area contributed by atoms with Crippen LogP contribution in [0.1, 0.15) is 37.3 Å². The maximum Gasteiger partial charge on any atom is 0.322 e. The quantitative estimate of drug-likeness (QED) is 0.575. The Morgan fingerprint density at radius 3 is 2.79 bits per heavy atom. The lowest BCUT2D eigenvalue weighted by Crippen LogP contribution is -2.48. The van der Waals surface area contributed by atoms with Crippen LogP contribution in [-0.4, -0.2) is 47.4 Å². The minimum absolute atomic E-state index is 0.0284. The van der Waals surface area contributed by atoms with Gasteiger partial charge in [-0.15, -0.1) is 0 Å². The molecule has 2 aromatic carbocycles. The topological polar surface area (TPSA) is 89.7 Å². The minimum atomic E-state index is -0.576. The first-order valence-corrected chi connectivity index (χ1v) is 11.2. The third-order valence-electron chi connectivity index (χ3n) is 6.19. The molecule has 0 radical (unpaired) electrons. The van der Waals surface area contributed by atoms with Crippen LogP contribution >= 0.6 is 0 Å². The SMILES string of the molecule is COc1cccc(-c2noc(C3=C(C)N(CC4CCCO4)C(=O)NC3c3ccc(F)cc3)n2)c1. The van der Waals surface area contributed by atoms with E-state index in [1.54, 1.807) is 24.1 Å². The van der Waals surface area contributed by atoms with Gasteiger partial charge in [0.05, 0.1) is 31.4 Å². The van der Waals surface area contributed by atoms with Crippen molar-refractivity contribution >= 4 is 11.6 Å². The van der Waals surface area contributed by atoms with Gasteiger partial charge in [-0.25, -0.2) is 9.18 Å². The first kappa shape index (κ1) is 22.1. The molecule has 176 valence electrons. The van der Waals surface area contributed by atoms with E-state index in [0.717, 1.165) is 18.4 Å². The number of hydrogen-bond acceptors (Lipinski definition) is 6. The number of carbonyl (C=O) groups excluding carboxylic acids is 1. The van der Waals surface area contributed by atoms with Crippen molar-refractivity contribution < 1.29 is 23.2 Å². The molecular weight excluding hydrogens is 439 g/mol. The van der Waals surface area contributed by atoms with Crippen LogP contribution in [0.15, 0.2) is 58.8 Å². The molecule has 2 aliphatic rings. The van der Waals surface area contributed by atoms with Gasteiger partial charge in [-0.1, -0.05) is 29.4 Å². The summed E-state index contributed by atoms with van der Waals surface area (Å²) < 4.78 is 30.3. The van der Waals surface area contributed by atoms with E-state index in [1.807, 2.05) is 31.2 Å². The molecule has 34 heavy (non-hydrogen) atoms. The maximum atomic E-state index is 13.6. The van der Waals surface area contributed by atoms with Gasteiger partial charge in [-0.2, -0.15) is 4.98 Å². The fourth-order valence-corrected chi connectivity index (χ4v) is 4.39. The Bertz CT molecular complexity index is 1220. The van der Waals surface area contributed by atoms with Crippen molar-refractivity contribution in [1.29, 1.82) is 0 Å². The number of nitrogens with one attached hydrogen (secondary N) is 1. The summed E-state index contributed by atoms with van der Waals surface area (Å²) in [6.45, 7) is 2.98. The van der Waals surface area contributed by atoms with Crippen LogP contribution in [0.25, 0.3) is 17.0 Å². The van der Waals surface area contributed by atoms with Gasteiger partial charge in [0.1, 0.15) is 11.6 Å². The van der Waals surface area contributed by atoms with Gasteiger partial charge in [0.15, 0.2) is 0 Å². The van der Waals surface area contributed by atoms with Crippen LogP contribution in [0.5, 0.6) is 5.75 Å². The first-order chi connectivity index (χ1) is 16.5. The van der Waals surface area contributed by atoms with Gasteiger partial charge in [-0.3, -0.25) is 4.90 Å². The van der Waals surface area contributed by atoms with Gasteiger partial charge < -0.3 is 19.3 Å². The Morgan fingerprint density at radius 1 is 1.24 bits per heavy atom. The van der Waals surface area contributed by atoms with Crippen LogP contribution in [0.4, 0.5) is 9.18 Å². The lowest BCUT2D eigenvalue weighted by atomic mass is 9.94. The molecule has 0 spiro atoms. The summed E-state index contributed by atoms with van der Waals surface area (Å²) in [6.07, 6.45) is 1.84. The first-order valence-electron chi connectivity index (χ1n) is 11.2. The highest BCUT2D eigenvalue weighted by Gasteiger charge is 2.37. The zero-order chi connectivity index (χ0) is 23.7. The van der Waals surface area contributed by atoms with E-state index in [0.29, 0.717) is 41.6 Å². The number of halogens is 1. The molecule has 5 rings (SSSR count). The van der Waals surface area contributed by atoms with E-state index in [4.69, 9.17) is 14.0 Å². The largest absolute Gasteiger partial charge is 0.497 e. The molecular formula is C25H25FN4O4. The molecule has 0 bridgehead atoms. The normalized spacial score (nSPS) is 20.6. The number of carbonyl (C=O) groups is 1. The summed E-state index contributed by atoms with van der Waals surface area (Å²) in [6, 6.07) is 12.5. The van der Waals surface area contributed by atoms with Crippen molar-refractivity contribution in [2.45, 2.75) is 31.9 Å². The Kier molecular flexibility index (Phi) is 6.02. The molecule has 1 N–H and O–H groups in total. The molecule has 1 saturated heterocycles. The Morgan fingerprint density at radius 2 is 2.06 bits per heavy atom. The number of hydrogen-bond donors (Lipinski definition) is 1. The van der Waals surface area contributed by atoms with Gasteiger partial charge in [-0.05, 0) is 49.6 Å². The second-order valence-corrected chi connectivity index (χ2v) is 8.33. The molecule has 2 amide bonds. The van der Waals surface area contributed by atoms with Crippen molar-refractivity contribution in [3.63, 3.8) is 0 Å². The molecule has 2 unspecified atom stereocenters. The second kappa shape index (κ2) is 9.26. The van der Waals surface area contributed by atoms with E-state index in [-0.39, 0.29) is 23.8 Å². The van der Waals surface area contributed by atoms with Gasteiger partial charge in [0.2, 0.25) is 5.82 Å². The highest BCUT2D eigenvalue weighted by Crippen LogP contribution is 2.38. The number of benzene rings is 2. The third kappa shape index (κ3) is 4.26. The molecule has 3 heterocycles.